The van der Waals surface area contributed by atoms with Gasteiger partial charge in [-0.2, -0.15) is 0 Å². The lowest BCUT2D eigenvalue weighted by molar-refractivity contribution is 0.641. The van der Waals surface area contributed by atoms with Gasteiger partial charge in [-0.05, 0) is 38.5 Å². The average molecular weight is 266 g/mol. The number of nitrogens with zero attached hydrogens (tertiary/aromatic N) is 1. The summed E-state index contributed by atoms with van der Waals surface area (Å²) in [6.45, 7) is 8.60. The van der Waals surface area contributed by atoms with E-state index in [0.717, 1.165) is 13.1 Å². The second-order valence-corrected chi connectivity index (χ2v) is 5.87. The molecule has 0 aliphatic carbocycles. The summed E-state index contributed by atoms with van der Waals surface area (Å²) in [6, 6.07) is 15.9. The van der Waals surface area contributed by atoms with Crippen LogP contribution in [0.3, 0.4) is 0 Å². The Balaban J connectivity index is 1.93. The van der Waals surface area contributed by atoms with Gasteiger partial charge < -0.3 is 10.2 Å². The van der Waals surface area contributed by atoms with Crippen LogP contribution < -0.4 is 10.2 Å². The lowest BCUT2D eigenvalue weighted by atomic mass is 10.0. The number of fused-ring (bicyclic) bond motifs is 1. The number of rotatable bonds is 2. The van der Waals surface area contributed by atoms with Gasteiger partial charge in [0, 0.05) is 19.1 Å². The minimum Gasteiger partial charge on any atom is -0.381 e. The molecule has 1 aliphatic heterocycles. The Labute approximate surface area is 121 Å². The van der Waals surface area contributed by atoms with Crippen LogP contribution in [0.15, 0.2) is 42.5 Å². The number of nitrogens with one attached hydrogen (secondary N) is 1. The van der Waals surface area contributed by atoms with Crippen molar-refractivity contribution in [3.05, 3.63) is 59.2 Å². The topological polar surface area (TPSA) is 15.3 Å². The second kappa shape index (κ2) is 5.20. The van der Waals surface area contributed by atoms with Crippen LogP contribution in [-0.4, -0.2) is 12.6 Å². The molecule has 104 valence electrons. The Hall–Kier alpha value is -1.96. The summed E-state index contributed by atoms with van der Waals surface area (Å²) >= 11 is 0. The molecule has 2 aromatic carbocycles. The van der Waals surface area contributed by atoms with Gasteiger partial charge in [0.2, 0.25) is 0 Å². The van der Waals surface area contributed by atoms with E-state index in [2.05, 4.69) is 73.5 Å². The molecule has 2 aromatic rings. The van der Waals surface area contributed by atoms with Crippen LogP contribution in [-0.2, 0) is 6.54 Å². The van der Waals surface area contributed by atoms with Crippen LogP contribution in [0.25, 0.3) is 0 Å². The standard InChI is InChI=1S/C18H22N2/c1-13-8-14(2)10-16(9-13)12-20-15(3)11-19-17-6-4-5-7-18(17)20/h4-10,15,19H,11-12H2,1-3H3. The van der Waals surface area contributed by atoms with Gasteiger partial charge >= 0.3 is 0 Å². The first-order valence-corrected chi connectivity index (χ1v) is 7.30. The Morgan fingerprint density at radius 3 is 2.55 bits per heavy atom. The smallest absolute Gasteiger partial charge is 0.0608 e. The lowest BCUT2D eigenvalue weighted by Crippen LogP contribution is -2.41. The highest BCUT2D eigenvalue weighted by atomic mass is 15.2. The Morgan fingerprint density at radius 2 is 1.80 bits per heavy atom. The Morgan fingerprint density at radius 1 is 1.10 bits per heavy atom. The van der Waals surface area contributed by atoms with Crippen LogP contribution in [0.2, 0.25) is 0 Å². The van der Waals surface area contributed by atoms with E-state index in [9.17, 15) is 0 Å². The minimum atomic E-state index is 0.505. The molecule has 1 heterocycles. The van der Waals surface area contributed by atoms with Crippen molar-refractivity contribution in [3.8, 4) is 0 Å². The molecule has 0 saturated heterocycles. The third kappa shape index (κ3) is 2.51. The molecule has 3 rings (SSSR count). The molecule has 0 aromatic heterocycles. The highest BCUT2D eigenvalue weighted by Crippen LogP contribution is 2.32. The highest BCUT2D eigenvalue weighted by Gasteiger charge is 2.22. The summed E-state index contributed by atoms with van der Waals surface area (Å²) in [7, 11) is 0. The normalized spacial score (nSPS) is 17.6. The summed E-state index contributed by atoms with van der Waals surface area (Å²) < 4.78 is 0. The highest BCUT2D eigenvalue weighted by molar-refractivity contribution is 5.72. The van der Waals surface area contributed by atoms with Crippen LogP contribution in [0, 0.1) is 13.8 Å². The number of benzene rings is 2. The molecule has 0 bridgehead atoms. The van der Waals surface area contributed by atoms with Crippen molar-refractivity contribution in [2.24, 2.45) is 0 Å². The van der Waals surface area contributed by atoms with Crippen molar-refractivity contribution in [2.45, 2.75) is 33.4 Å². The zero-order valence-electron chi connectivity index (χ0n) is 12.5. The quantitative estimate of drug-likeness (QED) is 0.879. The predicted molar refractivity (Wildman–Crippen MR) is 86.5 cm³/mol. The van der Waals surface area contributed by atoms with Crippen molar-refractivity contribution in [2.75, 3.05) is 16.8 Å². The molecular weight excluding hydrogens is 244 g/mol. The molecule has 0 spiro atoms. The van der Waals surface area contributed by atoms with E-state index < -0.39 is 0 Å². The van der Waals surface area contributed by atoms with E-state index in [1.165, 1.54) is 28.1 Å². The fourth-order valence-electron chi connectivity index (χ4n) is 3.08. The molecule has 0 saturated carbocycles. The first kappa shape index (κ1) is 13.0. The molecule has 1 atom stereocenters. The molecule has 0 fully saturated rings. The SMILES string of the molecule is Cc1cc(C)cc(CN2c3ccccc3NCC2C)c1. The van der Waals surface area contributed by atoms with Crippen LogP contribution in [0.4, 0.5) is 11.4 Å². The summed E-state index contributed by atoms with van der Waals surface area (Å²) in [6.07, 6.45) is 0. The van der Waals surface area contributed by atoms with Crippen molar-refractivity contribution in [1.82, 2.24) is 0 Å². The first-order chi connectivity index (χ1) is 9.63. The first-order valence-electron chi connectivity index (χ1n) is 7.30. The molecule has 0 amide bonds. The summed E-state index contributed by atoms with van der Waals surface area (Å²) in [5.74, 6) is 0. The number of aryl methyl sites for hydroxylation is 2. The third-order valence-electron chi connectivity index (χ3n) is 3.97. The second-order valence-electron chi connectivity index (χ2n) is 5.87. The van der Waals surface area contributed by atoms with Crippen molar-refractivity contribution >= 4 is 11.4 Å². The van der Waals surface area contributed by atoms with Gasteiger partial charge in [0.25, 0.3) is 0 Å². The van der Waals surface area contributed by atoms with E-state index in [0.29, 0.717) is 6.04 Å². The zero-order valence-corrected chi connectivity index (χ0v) is 12.5. The molecule has 1 N–H and O–H groups in total. The monoisotopic (exact) mass is 266 g/mol. The van der Waals surface area contributed by atoms with Gasteiger partial charge in [-0.1, -0.05) is 41.5 Å². The number of hydrogen-bond donors (Lipinski definition) is 1. The molecule has 20 heavy (non-hydrogen) atoms. The van der Waals surface area contributed by atoms with E-state index in [1.807, 2.05) is 0 Å². The number of hydrogen-bond acceptors (Lipinski definition) is 2. The van der Waals surface area contributed by atoms with E-state index in [4.69, 9.17) is 0 Å². The maximum absolute atomic E-state index is 3.51. The summed E-state index contributed by atoms with van der Waals surface area (Å²) in [5, 5.41) is 3.51. The molecule has 1 unspecified atom stereocenters. The maximum Gasteiger partial charge on any atom is 0.0608 e. The molecule has 2 nitrogen and oxygen atoms in total. The van der Waals surface area contributed by atoms with E-state index in [1.54, 1.807) is 0 Å². The van der Waals surface area contributed by atoms with Crippen LogP contribution in [0.1, 0.15) is 23.6 Å². The molecule has 0 radical (unpaired) electrons. The van der Waals surface area contributed by atoms with Crippen molar-refractivity contribution in [3.63, 3.8) is 0 Å². The molecular formula is C18H22N2. The van der Waals surface area contributed by atoms with E-state index >= 15 is 0 Å². The maximum atomic E-state index is 3.51. The van der Waals surface area contributed by atoms with E-state index in [-0.39, 0.29) is 0 Å². The zero-order chi connectivity index (χ0) is 14.1. The largest absolute Gasteiger partial charge is 0.381 e. The predicted octanol–water partition coefficient (Wildman–Crippen LogP) is 4.12. The summed E-state index contributed by atoms with van der Waals surface area (Å²) in [4.78, 5) is 2.50. The third-order valence-corrected chi connectivity index (χ3v) is 3.97. The lowest BCUT2D eigenvalue weighted by Gasteiger charge is -2.38. The van der Waals surface area contributed by atoms with Gasteiger partial charge in [-0.25, -0.2) is 0 Å². The average Bonchev–Trinajstić information content (AvgIpc) is 2.41. The van der Waals surface area contributed by atoms with Crippen LogP contribution >= 0.6 is 0 Å². The van der Waals surface area contributed by atoms with Crippen molar-refractivity contribution < 1.29 is 0 Å². The molecule has 2 heteroatoms. The van der Waals surface area contributed by atoms with Gasteiger partial charge in [0.1, 0.15) is 0 Å². The fourth-order valence-corrected chi connectivity index (χ4v) is 3.08. The Kier molecular flexibility index (Phi) is 3.39. The van der Waals surface area contributed by atoms with Crippen molar-refractivity contribution in [1.29, 1.82) is 0 Å². The number of para-hydroxylation sites is 2. The minimum absolute atomic E-state index is 0.505. The van der Waals surface area contributed by atoms with Gasteiger partial charge in [-0.3, -0.25) is 0 Å². The number of anilines is 2. The van der Waals surface area contributed by atoms with Gasteiger partial charge in [0.05, 0.1) is 11.4 Å². The van der Waals surface area contributed by atoms with Gasteiger partial charge in [0.15, 0.2) is 0 Å². The molecule has 1 aliphatic rings. The Bertz CT molecular complexity index is 598. The van der Waals surface area contributed by atoms with Crippen LogP contribution in [0.5, 0.6) is 0 Å². The van der Waals surface area contributed by atoms with Gasteiger partial charge in [-0.15, -0.1) is 0 Å². The fraction of sp³-hybridized carbons (Fsp3) is 0.333. The summed E-state index contributed by atoms with van der Waals surface area (Å²) in [5.41, 5.74) is 6.64.